The number of nitrogens with zero attached hydrogens (tertiary/aromatic N) is 1. The highest BCUT2D eigenvalue weighted by Gasteiger charge is 2.36. The number of hydrogen-bond donors (Lipinski definition) is 2. The van der Waals surface area contributed by atoms with Crippen LogP contribution < -0.4 is 5.43 Å². The Labute approximate surface area is 153 Å². The third kappa shape index (κ3) is 3.84. The molecular weight excluding hydrogens is 361 g/mol. The third-order valence-corrected chi connectivity index (χ3v) is 4.50. The summed E-state index contributed by atoms with van der Waals surface area (Å²) in [7, 11) is 0. The largest absolute Gasteiger partial charge is 0.475 e. The second-order valence-electron chi connectivity index (χ2n) is 7.43. The summed E-state index contributed by atoms with van der Waals surface area (Å²) in [6.07, 6.45) is -3.35. The molecule has 1 heterocycles. The maximum atomic E-state index is 12.9. The average molecular weight is 380 g/mol. The van der Waals surface area contributed by atoms with Crippen LogP contribution in [0.25, 0.3) is 0 Å². The van der Waals surface area contributed by atoms with E-state index in [4.69, 9.17) is 4.42 Å². The Hall–Kier alpha value is -2.77. The quantitative estimate of drug-likeness (QED) is 0.727. The van der Waals surface area contributed by atoms with Crippen molar-refractivity contribution in [2.75, 3.05) is 5.43 Å². The fourth-order valence-corrected chi connectivity index (χ4v) is 3.31. The van der Waals surface area contributed by atoms with Crippen LogP contribution in [0.5, 0.6) is 0 Å². The number of fused-ring (bicyclic) bond motifs is 1. The van der Waals surface area contributed by atoms with Crippen LogP contribution in [0.1, 0.15) is 53.3 Å². The molecule has 0 unspecified atom stereocenters. The third-order valence-electron chi connectivity index (χ3n) is 4.50. The van der Waals surface area contributed by atoms with Crippen LogP contribution in [-0.4, -0.2) is 16.8 Å². The lowest BCUT2D eigenvalue weighted by molar-refractivity contribution is -0.137. The van der Waals surface area contributed by atoms with Crippen molar-refractivity contribution in [3.05, 3.63) is 52.5 Å². The molecule has 0 spiro atoms. The Bertz CT molecular complexity index is 927. The lowest BCUT2D eigenvalue weighted by Crippen LogP contribution is -2.27. The van der Waals surface area contributed by atoms with E-state index in [0.717, 1.165) is 12.1 Å². The van der Waals surface area contributed by atoms with Crippen LogP contribution in [-0.2, 0) is 12.6 Å². The van der Waals surface area contributed by atoms with Crippen LogP contribution in [0.3, 0.4) is 0 Å². The van der Waals surface area contributed by atoms with Gasteiger partial charge in [0.05, 0.1) is 17.0 Å². The fraction of sp³-hybridized carbons (Fsp3) is 0.368. The van der Waals surface area contributed by atoms with E-state index in [1.165, 1.54) is 12.1 Å². The van der Waals surface area contributed by atoms with Crippen molar-refractivity contribution in [3.8, 4) is 0 Å². The maximum absolute atomic E-state index is 12.9. The average Bonchev–Trinajstić information content (AvgIpc) is 2.87. The summed E-state index contributed by atoms with van der Waals surface area (Å²) in [6.45, 7) is 5.63. The zero-order valence-electron chi connectivity index (χ0n) is 15.1. The lowest BCUT2D eigenvalue weighted by Gasteiger charge is -2.29. The molecule has 1 aliphatic rings. The SMILES string of the molecule is Cc1c(C(=O)O)oc2c1/C(=N\Nc1cccc(C(F)(F)F)c1)CC(C)(C)C2. The molecule has 3 rings (SSSR count). The van der Waals surface area contributed by atoms with Gasteiger partial charge in [0.15, 0.2) is 0 Å². The Morgan fingerprint density at radius 3 is 2.63 bits per heavy atom. The molecule has 2 aromatic rings. The van der Waals surface area contributed by atoms with Crippen LogP contribution >= 0.6 is 0 Å². The molecular formula is C19H19F3N2O3. The van der Waals surface area contributed by atoms with Crippen LogP contribution in [0.4, 0.5) is 18.9 Å². The first-order valence-electron chi connectivity index (χ1n) is 8.34. The van der Waals surface area contributed by atoms with Crippen molar-refractivity contribution in [2.24, 2.45) is 10.5 Å². The summed E-state index contributed by atoms with van der Waals surface area (Å²) < 4.78 is 44.1. The Kier molecular flexibility index (Phi) is 4.53. The number of aromatic carboxylic acids is 1. The second-order valence-corrected chi connectivity index (χ2v) is 7.43. The number of hydrogen-bond acceptors (Lipinski definition) is 4. The molecule has 0 bridgehead atoms. The zero-order chi connectivity index (χ0) is 20.0. The number of benzene rings is 1. The number of anilines is 1. The number of hydrazone groups is 1. The number of carboxylic acids is 1. The molecule has 1 aliphatic carbocycles. The van der Waals surface area contributed by atoms with E-state index in [1.807, 2.05) is 13.8 Å². The number of alkyl halides is 3. The van der Waals surface area contributed by atoms with Gasteiger partial charge in [-0.25, -0.2) is 4.79 Å². The first-order chi connectivity index (χ1) is 12.5. The van der Waals surface area contributed by atoms with Crippen molar-refractivity contribution in [1.82, 2.24) is 0 Å². The molecule has 0 saturated carbocycles. The number of rotatable bonds is 3. The minimum Gasteiger partial charge on any atom is -0.475 e. The van der Waals surface area contributed by atoms with E-state index in [9.17, 15) is 23.1 Å². The monoisotopic (exact) mass is 380 g/mol. The van der Waals surface area contributed by atoms with Gasteiger partial charge >= 0.3 is 12.1 Å². The molecule has 0 fully saturated rings. The highest BCUT2D eigenvalue weighted by Crippen LogP contribution is 2.39. The van der Waals surface area contributed by atoms with Gasteiger partial charge in [-0.2, -0.15) is 18.3 Å². The van der Waals surface area contributed by atoms with Gasteiger partial charge in [-0.15, -0.1) is 0 Å². The van der Waals surface area contributed by atoms with Crippen LogP contribution in [0.2, 0.25) is 0 Å². The summed E-state index contributed by atoms with van der Waals surface area (Å²) in [4.78, 5) is 11.4. The normalized spacial score (nSPS) is 17.6. The number of carboxylic acid groups (broad SMARTS) is 1. The maximum Gasteiger partial charge on any atom is 0.416 e. The predicted molar refractivity (Wildman–Crippen MR) is 94.1 cm³/mol. The summed E-state index contributed by atoms with van der Waals surface area (Å²) in [5.41, 5.74) is 3.52. The molecule has 0 aliphatic heterocycles. The molecule has 8 heteroatoms. The Morgan fingerprint density at radius 1 is 1.30 bits per heavy atom. The minimum atomic E-state index is -4.44. The van der Waals surface area contributed by atoms with Crippen molar-refractivity contribution >= 4 is 17.4 Å². The van der Waals surface area contributed by atoms with Gasteiger partial charge in [-0.05, 0) is 37.0 Å². The predicted octanol–water partition coefficient (Wildman–Crippen LogP) is 5.09. The smallest absolute Gasteiger partial charge is 0.416 e. The van der Waals surface area contributed by atoms with E-state index < -0.39 is 17.7 Å². The number of carbonyl (C=O) groups is 1. The van der Waals surface area contributed by atoms with Crippen LogP contribution in [0, 0.1) is 12.3 Å². The van der Waals surface area contributed by atoms with Gasteiger partial charge < -0.3 is 9.52 Å². The van der Waals surface area contributed by atoms with Crippen molar-refractivity contribution in [1.29, 1.82) is 0 Å². The van der Waals surface area contributed by atoms with E-state index in [2.05, 4.69) is 10.5 Å². The molecule has 0 saturated heterocycles. The van der Waals surface area contributed by atoms with Gasteiger partial charge in [0.25, 0.3) is 0 Å². The van der Waals surface area contributed by atoms with Gasteiger partial charge in [0, 0.05) is 17.5 Å². The lowest BCUT2D eigenvalue weighted by atomic mass is 9.75. The molecule has 144 valence electrons. The topological polar surface area (TPSA) is 74.8 Å². The van der Waals surface area contributed by atoms with Gasteiger partial charge in [-0.1, -0.05) is 19.9 Å². The van der Waals surface area contributed by atoms with E-state index in [-0.39, 0.29) is 16.9 Å². The minimum absolute atomic E-state index is 0.135. The second kappa shape index (κ2) is 6.44. The van der Waals surface area contributed by atoms with Crippen LogP contribution in [0.15, 0.2) is 33.8 Å². The van der Waals surface area contributed by atoms with E-state index in [0.29, 0.717) is 35.4 Å². The molecule has 1 aromatic heterocycles. The van der Waals surface area contributed by atoms with Gasteiger partial charge in [0.1, 0.15) is 5.76 Å². The zero-order valence-corrected chi connectivity index (χ0v) is 15.1. The van der Waals surface area contributed by atoms with Gasteiger partial charge in [0.2, 0.25) is 5.76 Å². The molecule has 0 amide bonds. The molecule has 0 atom stereocenters. The summed E-state index contributed by atoms with van der Waals surface area (Å²) >= 11 is 0. The summed E-state index contributed by atoms with van der Waals surface area (Å²) in [6, 6.07) is 4.75. The molecule has 5 nitrogen and oxygen atoms in total. The molecule has 0 radical (unpaired) electrons. The number of halogens is 3. The molecule has 1 aromatic carbocycles. The van der Waals surface area contributed by atoms with Crippen molar-refractivity contribution in [2.45, 2.75) is 39.8 Å². The Balaban J connectivity index is 1.99. The molecule has 27 heavy (non-hydrogen) atoms. The van der Waals surface area contributed by atoms with E-state index in [1.54, 1.807) is 6.92 Å². The summed E-state index contributed by atoms with van der Waals surface area (Å²) in [5, 5.41) is 13.6. The highest BCUT2D eigenvalue weighted by atomic mass is 19.4. The molecule has 2 N–H and O–H groups in total. The van der Waals surface area contributed by atoms with Crippen molar-refractivity contribution in [3.63, 3.8) is 0 Å². The first-order valence-corrected chi connectivity index (χ1v) is 8.34. The van der Waals surface area contributed by atoms with Crippen molar-refractivity contribution < 1.29 is 27.5 Å². The highest BCUT2D eigenvalue weighted by molar-refractivity contribution is 6.06. The van der Waals surface area contributed by atoms with Gasteiger partial charge in [-0.3, -0.25) is 5.43 Å². The standard InChI is InChI=1S/C19H19F3N2O3/c1-10-15-13(8-18(2,3)9-14(15)27-16(10)17(25)26)24-23-12-6-4-5-11(7-12)19(20,21)22/h4-7,23H,8-9H2,1-3H3,(H,25,26)/b24-13-. The Morgan fingerprint density at radius 2 is 2.00 bits per heavy atom. The summed E-state index contributed by atoms with van der Waals surface area (Å²) in [5.74, 6) is -0.764. The number of nitrogens with one attached hydrogen (secondary N) is 1. The first kappa shape index (κ1) is 19.0. The fourth-order valence-electron chi connectivity index (χ4n) is 3.31. The number of furan rings is 1. The van der Waals surface area contributed by atoms with E-state index >= 15 is 0 Å².